The fraction of sp³-hybridized carbons (Fsp3) is 0.350. The molecule has 0 bridgehead atoms. The number of halogens is 1. The summed E-state index contributed by atoms with van der Waals surface area (Å²) in [5, 5.41) is 0. The van der Waals surface area contributed by atoms with Gasteiger partial charge in [-0.3, -0.25) is 0 Å². The van der Waals surface area contributed by atoms with Gasteiger partial charge < -0.3 is 9.80 Å². The quantitative estimate of drug-likeness (QED) is 0.695. The molecule has 2 aliphatic heterocycles. The van der Waals surface area contributed by atoms with E-state index in [-0.39, 0.29) is 11.9 Å². The minimum Gasteiger partial charge on any atom is -0.356 e. The second-order valence-corrected chi connectivity index (χ2v) is 7.13. The number of hydrogen-bond acceptors (Lipinski definition) is 7. The van der Waals surface area contributed by atoms with Crippen LogP contribution in [0.15, 0.2) is 36.8 Å². The third-order valence-electron chi connectivity index (χ3n) is 5.41. The molecule has 3 aromatic rings. The van der Waals surface area contributed by atoms with Crippen LogP contribution in [0.1, 0.15) is 30.6 Å². The molecule has 5 heterocycles. The number of pyridine rings is 1. The first-order valence-electron chi connectivity index (χ1n) is 9.51. The maximum atomic E-state index is 14.2. The first-order valence-corrected chi connectivity index (χ1v) is 9.51. The van der Waals surface area contributed by atoms with Crippen LogP contribution in [0.2, 0.25) is 0 Å². The first-order chi connectivity index (χ1) is 13.7. The molecule has 0 spiro atoms. The first kappa shape index (κ1) is 17.0. The molecular weight excluding hydrogens is 357 g/mol. The highest BCUT2D eigenvalue weighted by Crippen LogP contribution is 2.33. The third-order valence-corrected chi connectivity index (χ3v) is 5.41. The van der Waals surface area contributed by atoms with Gasteiger partial charge in [0.15, 0.2) is 11.6 Å². The Morgan fingerprint density at radius 2 is 1.75 bits per heavy atom. The summed E-state index contributed by atoms with van der Waals surface area (Å²) in [6.07, 6.45) is 7.06. The minimum absolute atomic E-state index is 0.00744. The molecule has 8 heteroatoms. The fourth-order valence-corrected chi connectivity index (χ4v) is 3.72. The smallest absolute Gasteiger partial charge is 0.197 e. The molecular formula is C20H20FN7. The van der Waals surface area contributed by atoms with E-state index < -0.39 is 0 Å². The van der Waals surface area contributed by atoms with Gasteiger partial charge in [-0.1, -0.05) is 0 Å². The number of rotatable bonds is 3. The normalized spacial score (nSPS) is 18.6. The Balaban J connectivity index is 1.46. The monoisotopic (exact) mass is 377 g/mol. The largest absolute Gasteiger partial charge is 0.356 e. The zero-order valence-electron chi connectivity index (χ0n) is 15.6. The molecule has 1 atom stereocenters. The fourth-order valence-electron chi connectivity index (χ4n) is 3.72. The molecule has 7 nitrogen and oxygen atoms in total. The lowest BCUT2D eigenvalue weighted by molar-refractivity contribution is 0.577. The zero-order chi connectivity index (χ0) is 19.1. The Bertz CT molecular complexity index is 1010. The maximum Gasteiger partial charge on any atom is 0.197 e. The van der Waals surface area contributed by atoms with E-state index in [1.807, 2.05) is 6.20 Å². The molecule has 1 unspecified atom stereocenters. The summed E-state index contributed by atoms with van der Waals surface area (Å²) in [6.45, 7) is 4.67. The Morgan fingerprint density at radius 3 is 2.50 bits per heavy atom. The highest BCUT2D eigenvalue weighted by molar-refractivity contribution is 5.53. The maximum absolute atomic E-state index is 14.2. The minimum atomic E-state index is -0.252. The Morgan fingerprint density at radius 1 is 0.964 bits per heavy atom. The van der Waals surface area contributed by atoms with Gasteiger partial charge in [-0.2, -0.15) is 0 Å². The summed E-state index contributed by atoms with van der Waals surface area (Å²) in [6, 6.07) is 4.80. The van der Waals surface area contributed by atoms with E-state index in [1.54, 1.807) is 18.5 Å². The highest BCUT2D eigenvalue weighted by Gasteiger charge is 2.28. The second kappa shape index (κ2) is 6.78. The van der Waals surface area contributed by atoms with E-state index in [4.69, 9.17) is 4.98 Å². The van der Waals surface area contributed by atoms with E-state index >= 15 is 0 Å². The summed E-state index contributed by atoms with van der Waals surface area (Å²) < 4.78 is 14.2. The Hall–Kier alpha value is -3.16. The van der Waals surface area contributed by atoms with Crippen molar-refractivity contribution in [3.8, 4) is 11.6 Å². The number of aromatic nitrogens is 5. The van der Waals surface area contributed by atoms with Crippen LogP contribution in [0, 0.1) is 5.82 Å². The van der Waals surface area contributed by atoms with Crippen LogP contribution in [0.4, 0.5) is 16.0 Å². The van der Waals surface area contributed by atoms with Crippen molar-refractivity contribution in [3.63, 3.8) is 0 Å². The predicted octanol–water partition coefficient (Wildman–Crippen LogP) is 2.80. The lowest BCUT2D eigenvalue weighted by Gasteiger charge is -2.37. The van der Waals surface area contributed by atoms with Crippen molar-refractivity contribution < 1.29 is 4.39 Å². The standard InChI is InChI=1S/C20H20FN7/c1-13-15-12-24-20(19-22-5-2-6-23-19)25-16(15)4-9-28(13)18-11-14(21)10-17(26-18)27-7-3-8-27/h2,5-6,10-13H,3-4,7-9H2,1H3. The molecule has 0 saturated carbocycles. The van der Waals surface area contributed by atoms with Crippen molar-refractivity contribution in [2.24, 2.45) is 0 Å². The zero-order valence-corrected chi connectivity index (χ0v) is 15.6. The van der Waals surface area contributed by atoms with Gasteiger partial charge in [0.2, 0.25) is 0 Å². The number of anilines is 2. The molecule has 0 N–H and O–H groups in total. The van der Waals surface area contributed by atoms with Crippen LogP contribution < -0.4 is 9.80 Å². The van der Waals surface area contributed by atoms with E-state index in [0.717, 1.165) is 43.7 Å². The van der Waals surface area contributed by atoms with Crippen LogP contribution >= 0.6 is 0 Å². The van der Waals surface area contributed by atoms with Crippen molar-refractivity contribution >= 4 is 11.6 Å². The molecule has 1 saturated heterocycles. The Labute approximate surface area is 162 Å². The van der Waals surface area contributed by atoms with Gasteiger partial charge in [0.05, 0.1) is 11.7 Å². The summed E-state index contributed by atoms with van der Waals surface area (Å²) in [5.74, 6) is 2.18. The van der Waals surface area contributed by atoms with E-state index in [2.05, 4.69) is 36.7 Å². The second-order valence-electron chi connectivity index (χ2n) is 7.13. The van der Waals surface area contributed by atoms with Gasteiger partial charge in [0, 0.05) is 62.3 Å². The van der Waals surface area contributed by atoms with Crippen LogP contribution in [-0.2, 0) is 6.42 Å². The average molecular weight is 377 g/mol. The van der Waals surface area contributed by atoms with Gasteiger partial charge in [-0.05, 0) is 19.4 Å². The summed E-state index contributed by atoms with van der Waals surface area (Å²) in [5.41, 5.74) is 2.02. The van der Waals surface area contributed by atoms with E-state index in [1.165, 1.54) is 12.1 Å². The molecule has 5 rings (SSSR count). The van der Waals surface area contributed by atoms with Gasteiger partial charge in [0.25, 0.3) is 0 Å². The molecule has 0 aliphatic carbocycles. The lowest BCUT2D eigenvalue weighted by atomic mass is 9.99. The van der Waals surface area contributed by atoms with Gasteiger partial charge in [0.1, 0.15) is 17.5 Å². The lowest BCUT2D eigenvalue weighted by Crippen LogP contribution is -2.39. The van der Waals surface area contributed by atoms with E-state index in [0.29, 0.717) is 23.3 Å². The van der Waals surface area contributed by atoms with Crippen LogP contribution in [0.5, 0.6) is 0 Å². The molecule has 0 radical (unpaired) electrons. The highest BCUT2D eigenvalue weighted by atomic mass is 19.1. The number of nitrogens with zero attached hydrogens (tertiary/aromatic N) is 7. The SMILES string of the molecule is CC1c2cnc(-c3ncccn3)nc2CCN1c1cc(F)cc(N2CCC2)n1. The summed E-state index contributed by atoms with van der Waals surface area (Å²) in [7, 11) is 0. The molecule has 28 heavy (non-hydrogen) atoms. The van der Waals surface area contributed by atoms with E-state index in [9.17, 15) is 4.39 Å². The van der Waals surface area contributed by atoms with Gasteiger partial charge in [-0.15, -0.1) is 0 Å². The van der Waals surface area contributed by atoms with Gasteiger partial charge >= 0.3 is 0 Å². The summed E-state index contributed by atoms with van der Waals surface area (Å²) in [4.78, 5) is 26.5. The topological polar surface area (TPSA) is 70.9 Å². The Kier molecular flexibility index (Phi) is 4.11. The van der Waals surface area contributed by atoms with Crippen molar-refractivity contribution in [1.29, 1.82) is 0 Å². The third kappa shape index (κ3) is 2.94. The van der Waals surface area contributed by atoms with Crippen LogP contribution in [0.3, 0.4) is 0 Å². The predicted molar refractivity (Wildman–Crippen MR) is 104 cm³/mol. The van der Waals surface area contributed by atoms with Crippen LogP contribution in [0.25, 0.3) is 11.6 Å². The van der Waals surface area contributed by atoms with Crippen LogP contribution in [-0.4, -0.2) is 44.6 Å². The molecule has 0 aromatic carbocycles. The number of fused-ring (bicyclic) bond motifs is 1. The molecule has 3 aromatic heterocycles. The van der Waals surface area contributed by atoms with Crippen molar-refractivity contribution in [2.75, 3.05) is 29.4 Å². The molecule has 1 fully saturated rings. The summed E-state index contributed by atoms with van der Waals surface area (Å²) >= 11 is 0. The van der Waals surface area contributed by atoms with Crippen molar-refractivity contribution in [1.82, 2.24) is 24.9 Å². The van der Waals surface area contributed by atoms with Gasteiger partial charge in [-0.25, -0.2) is 29.3 Å². The van der Waals surface area contributed by atoms with Crippen molar-refractivity contribution in [3.05, 3.63) is 53.9 Å². The molecule has 0 amide bonds. The molecule has 2 aliphatic rings. The number of hydrogen-bond donors (Lipinski definition) is 0. The molecule has 142 valence electrons. The average Bonchev–Trinajstić information content (AvgIpc) is 2.67. The van der Waals surface area contributed by atoms with Crippen molar-refractivity contribution in [2.45, 2.75) is 25.8 Å².